The lowest BCUT2D eigenvalue weighted by Crippen LogP contribution is -2.62. The minimum Gasteiger partial charge on any atom is -0.480 e. The van der Waals surface area contributed by atoms with Crippen LogP contribution >= 0.6 is 0 Å². The first-order chi connectivity index (χ1) is 19.2. The largest absolute Gasteiger partial charge is 0.480 e. The molecule has 4 rings (SSSR count). The Labute approximate surface area is 241 Å². The molecule has 0 heterocycles. The van der Waals surface area contributed by atoms with Crippen LogP contribution in [0.5, 0.6) is 0 Å². The summed E-state index contributed by atoms with van der Waals surface area (Å²) in [4.78, 5) is 61.5. The van der Waals surface area contributed by atoms with Crippen molar-refractivity contribution in [2.75, 3.05) is 6.61 Å². The van der Waals surface area contributed by atoms with Gasteiger partial charge in [0.1, 0.15) is 11.6 Å². The van der Waals surface area contributed by atoms with Crippen molar-refractivity contribution in [1.29, 1.82) is 0 Å². The molecule has 1 amide bonds. The number of ketones is 2. The molecular weight excluding hydrogens is 530 g/mol. The average molecular weight is 576 g/mol. The quantitative estimate of drug-likeness (QED) is 0.286. The van der Waals surface area contributed by atoms with Crippen LogP contribution in [0.2, 0.25) is 0 Å². The topological polar surface area (TPSA) is 167 Å². The maximum atomic E-state index is 13.4. The Morgan fingerprint density at radius 3 is 2.49 bits per heavy atom. The molecule has 0 aromatic rings. The molecule has 9 atom stereocenters. The smallest absolute Gasteiger partial charge is 0.326 e. The summed E-state index contributed by atoms with van der Waals surface area (Å²) >= 11 is 0. The lowest BCUT2D eigenvalue weighted by Gasteiger charge is -2.60. The summed E-state index contributed by atoms with van der Waals surface area (Å²) in [6, 6.07) is -1.06. The Bertz CT molecular complexity index is 1130. The summed E-state index contributed by atoms with van der Waals surface area (Å²) < 4.78 is 5.16. The summed E-state index contributed by atoms with van der Waals surface area (Å²) in [7, 11) is 0. The van der Waals surface area contributed by atoms with Gasteiger partial charge in [-0.25, -0.2) is 4.79 Å². The zero-order valence-electron chi connectivity index (χ0n) is 24.6. The van der Waals surface area contributed by atoms with E-state index >= 15 is 0 Å². The number of carbonyl (C=O) groups excluding carboxylic acids is 4. The summed E-state index contributed by atoms with van der Waals surface area (Å²) in [6.45, 7) is 6.90. The molecule has 0 radical (unpaired) electrons. The van der Waals surface area contributed by atoms with Crippen molar-refractivity contribution < 1.29 is 44.0 Å². The van der Waals surface area contributed by atoms with Crippen molar-refractivity contribution in [1.82, 2.24) is 5.32 Å². The lowest BCUT2D eigenvalue weighted by atomic mass is 9.45. The molecule has 3 saturated carbocycles. The Hall–Kier alpha value is -2.59. The van der Waals surface area contributed by atoms with Gasteiger partial charge in [0.05, 0.1) is 12.5 Å². The minimum absolute atomic E-state index is 0.00736. The highest BCUT2D eigenvalue weighted by molar-refractivity contribution is 5.92. The van der Waals surface area contributed by atoms with E-state index in [-0.39, 0.29) is 60.6 Å². The van der Waals surface area contributed by atoms with Gasteiger partial charge in [-0.2, -0.15) is 0 Å². The van der Waals surface area contributed by atoms with Gasteiger partial charge in [0.2, 0.25) is 11.7 Å². The second-order valence-electron chi connectivity index (χ2n) is 13.3. The molecule has 0 bridgehead atoms. The van der Waals surface area contributed by atoms with Gasteiger partial charge in [0, 0.05) is 18.3 Å². The first-order valence-corrected chi connectivity index (χ1v) is 15.0. The van der Waals surface area contributed by atoms with Crippen LogP contribution in [0, 0.1) is 34.5 Å². The molecule has 0 spiro atoms. The molecule has 0 aromatic heterocycles. The standard InChI is InChI=1S/C31H45NO9/c1-5-17(2)27(28(38)39)32-24(36)8-9-25(37)41-16-23(35)31(40)13-11-21-20-7-6-18-14-19(33)10-12-29(18,3)26(20)22(34)15-30(21,31)4/h14,17,20-22,26-27,34,40H,5-13,15-16H2,1-4H3,(H,32,36)(H,38,39)/t17?,20-,21-,22-,26+,27?,29-,30-,31-/m0/s1. The number of nitrogens with one attached hydrogen (secondary N) is 1. The van der Waals surface area contributed by atoms with Crippen LogP contribution in [0.3, 0.4) is 0 Å². The van der Waals surface area contributed by atoms with Gasteiger partial charge in [-0.1, -0.05) is 39.7 Å². The highest BCUT2D eigenvalue weighted by Crippen LogP contribution is 2.67. The average Bonchev–Trinajstić information content (AvgIpc) is 3.19. The molecule has 3 fully saturated rings. The Morgan fingerprint density at radius 1 is 1.12 bits per heavy atom. The molecule has 4 N–H and O–H groups in total. The predicted octanol–water partition coefficient (Wildman–Crippen LogP) is 2.73. The first-order valence-electron chi connectivity index (χ1n) is 15.0. The fourth-order valence-electron chi connectivity index (χ4n) is 8.63. The van der Waals surface area contributed by atoms with Crippen LogP contribution in [0.15, 0.2) is 11.6 Å². The molecule has 2 unspecified atom stereocenters. The van der Waals surface area contributed by atoms with Gasteiger partial charge in [0.25, 0.3) is 0 Å². The number of allylic oxidation sites excluding steroid dienone is 1. The van der Waals surface area contributed by atoms with Gasteiger partial charge in [-0.3, -0.25) is 19.2 Å². The number of carboxylic acids is 1. The molecule has 0 saturated heterocycles. The van der Waals surface area contributed by atoms with E-state index in [1.165, 1.54) is 0 Å². The second kappa shape index (κ2) is 11.6. The second-order valence-corrected chi connectivity index (χ2v) is 13.3. The Kier molecular flexibility index (Phi) is 8.86. The number of fused-ring (bicyclic) bond motifs is 5. The van der Waals surface area contributed by atoms with Gasteiger partial charge < -0.3 is 25.4 Å². The minimum atomic E-state index is -1.76. The van der Waals surface area contributed by atoms with Crippen molar-refractivity contribution in [2.24, 2.45) is 34.5 Å². The number of hydrogen-bond acceptors (Lipinski definition) is 8. The number of carbonyl (C=O) groups is 5. The molecule has 4 aliphatic rings. The van der Waals surface area contributed by atoms with Gasteiger partial charge in [0.15, 0.2) is 12.4 Å². The van der Waals surface area contributed by atoms with Crippen LogP contribution in [0.1, 0.15) is 91.9 Å². The van der Waals surface area contributed by atoms with Crippen molar-refractivity contribution in [3.05, 3.63) is 11.6 Å². The highest BCUT2D eigenvalue weighted by Gasteiger charge is 2.68. The summed E-state index contributed by atoms with van der Waals surface area (Å²) in [5.41, 5.74) is -1.81. The monoisotopic (exact) mass is 575 g/mol. The van der Waals surface area contributed by atoms with Crippen LogP contribution in [-0.2, 0) is 28.7 Å². The van der Waals surface area contributed by atoms with E-state index in [9.17, 15) is 39.3 Å². The maximum Gasteiger partial charge on any atom is 0.326 e. The number of aliphatic hydroxyl groups is 2. The predicted molar refractivity (Wildman–Crippen MR) is 147 cm³/mol. The van der Waals surface area contributed by atoms with Crippen molar-refractivity contribution in [3.8, 4) is 0 Å². The van der Waals surface area contributed by atoms with Gasteiger partial charge in [-0.05, 0) is 73.7 Å². The number of hydrogen-bond donors (Lipinski definition) is 4. The highest BCUT2D eigenvalue weighted by atomic mass is 16.5. The van der Waals surface area contributed by atoms with E-state index in [2.05, 4.69) is 12.2 Å². The third kappa shape index (κ3) is 5.49. The maximum absolute atomic E-state index is 13.4. The summed E-state index contributed by atoms with van der Waals surface area (Å²) in [6.07, 6.45) is 4.77. The van der Waals surface area contributed by atoms with Gasteiger partial charge >= 0.3 is 11.9 Å². The molecule has 10 nitrogen and oxygen atoms in total. The SMILES string of the molecule is CCC(C)C(NC(=O)CCC(=O)OCC(=O)[C@@]1(O)CC[C@H]2[C@@H]3CCC4=CC(=O)CC[C@]4(C)[C@H]3[C@@H](O)C[C@@]21C)C(=O)O. The molecule has 0 aliphatic heterocycles. The summed E-state index contributed by atoms with van der Waals surface area (Å²) in [5.74, 6) is -3.23. The lowest BCUT2D eigenvalue weighted by molar-refractivity contribution is -0.184. The fourth-order valence-corrected chi connectivity index (χ4v) is 8.63. The van der Waals surface area contributed by atoms with Crippen LogP contribution in [-0.4, -0.2) is 69.1 Å². The number of aliphatic carboxylic acids is 1. The van der Waals surface area contributed by atoms with Crippen molar-refractivity contribution in [2.45, 2.75) is 110 Å². The van der Waals surface area contributed by atoms with Crippen LogP contribution in [0.25, 0.3) is 0 Å². The van der Waals surface area contributed by atoms with Crippen LogP contribution < -0.4 is 5.32 Å². The van der Waals surface area contributed by atoms with E-state index in [4.69, 9.17) is 4.74 Å². The normalized spacial score (nSPS) is 37.5. The molecule has 4 aliphatic carbocycles. The third-order valence-corrected chi connectivity index (χ3v) is 11.2. The van der Waals surface area contributed by atoms with Crippen LogP contribution in [0.4, 0.5) is 0 Å². The van der Waals surface area contributed by atoms with E-state index in [0.29, 0.717) is 25.7 Å². The fraction of sp³-hybridized carbons (Fsp3) is 0.774. The number of rotatable bonds is 10. The van der Waals surface area contributed by atoms with E-state index < -0.39 is 53.4 Å². The summed E-state index contributed by atoms with van der Waals surface area (Å²) in [5, 5.41) is 35.0. The number of aliphatic hydroxyl groups excluding tert-OH is 1. The first kappa shape index (κ1) is 31.3. The Balaban J connectivity index is 1.37. The molecule has 41 heavy (non-hydrogen) atoms. The third-order valence-electron chi connectivity index (χ3n) is 11.2. The zero-order valence-corrected chi connectivity index (χ0v) is 24.6. The Morgan fingerprint density at radius 2 is 1.83 bits per heavy atom. The van der Waals surface area contributed by atoms with Crippen molar-refractivity contribution >= 4 is 29.4 Å². The number of ether oxygens (including phenoxy) is 1. The molecular formula is C31H45NO9. The zero-order chi connectivity index (χ0) is 30.3. The number of esters is 1. The van der Waals surface area contributed by atoms with E-state index in [1.54, 1.807) is 13.0 Å². The number of Topliss-reactive ketones (excluding diaryl/α,β-unsaturated/α-hetero) is 1. The van der Waals surface area contributed by atoms with E-state index in [1.807, 2.05) is 13.8 Å². The molecule has 10 heteroatoms. The van der Waals surface area contributed by atoms with Gasteiger partial charge in [-0.15, -0.1) is 0 Å². The molecule has 228 valence electrons. The van der Waals surface area contributed by atoms with E-state index in [0.717, 1.165) is 18.4 Å². The molecule has 0 aromatic carbocycles. The van der Waals surface area contributed by atoms with Crippen molar-refractivity contribution in [3.63, 3.8) is 0 Å². The number of amides is 1. The number of carboxylic acid groups (broad SMARTS) is 1.